The summed E-state index contributed by atoms with van der Waals surface area (Å²) in [7, 11) is 0. The summed E-state index contributed by atoms with van der Waals surface area (Å²) in [5, 5.41) is 14.8. The normalized spacial score (nSPS) is 18.1. The Morgan fingerprint density at radius 2 is 2.17 bits per heavy atom. The molecule has 1 saturated heterocycles. The van der Waals surface area contributed by atoms with Crippen molar-refractivity contribution in [1.29, 1.82) is 0 Å². The number of benzene rings is 1. The van der Waals surface area contributed by atoms with E-state index in [4.69, 9.17) is 4.74 Å². The van der Waals surface area contributed by atoms with Gasteiger partial charge in [-0.1, -0.05) is 6.07 Å². The van der Waals surface area contributed by atoms with Gasteiger partial charge in [-0.25, -0.2) is 0 Å². The van der Waals surface area contributed by atoms with Gasteiger partial charge in [0.15, 0.2) is 0 Å². The molecular weight excluding hydrogens is 386 g/mol. The van der Waals surface area contributed by atoms with Gasteiger partial charge in [-0.15, -0.1) is 0 Å². The number of piperidine rings is 1. The molecule has 9 heteroatoms. The van der Waals surface area contributed by atoms with E-state index >= 15 is 0 Å². The van der Waals surface area contributed by atoms with Crippen LogP contribution in [-0.2, 0) is 11.2 Å². The molecule has 2 aliphatic rings. The van der Waals surface area contributed by atoms with Gasteiger partial charge in [0.2, 0.25) is 17.4 Å². The van der Waals surface area contributed by atoms with E-state index < -0.39 is 11.0 Å². The molecule has 1 amide bonds. The highest BCUT2D eigenvalue weighted by Gasteiger charge is 2.36. The summed E-state index contributed by atoms with van der Waals surface area (Å²) < 4.78 is 6.98. The topological polar surface area (TPSA) is 102 Å². The zero-order valence-corrected chi connectivity index (χ0v) is 16.3. The Morgan fingerprint density at radius 3 is 3.03 bits per heavy atom. The molecule has 0 radical (unpaired) electrons. The monoisotopic (exact) mass is 407 g/mol. The first-order valence-corrected chi connectivity index (χ1v) is 10.1. The van der Waals surface area contributed by atoms with E-state index in [1.54, 1.807) is 29.3 Å². The van der Waals surface area contributed by atoms with Crippen molar-refractivity contribution in [3.8, 4) is 5.75 Å². The second kappa shape index (κ2) is 7.33. The predicted molar refractivity (Wildman–Crippen MR) is 111 cm³/mol. The number of imidazole rings is 1. The van der Waals surface area contributed by atoms with Crippen molar-refractivity contribution in [2.75, 3.05) is 23.4 Å². The molecule has 2 aliphatic heterocycles. The fraction of sp³-hybridized carbons (Fsp3) is 0.333. The number of aromatic nitrogens is 2. The minimum Gasteiger partial charge on any atom is -0.493 e. The largest absolute Gasteiger partial charge is 0.493 e. The Hall–Kier alpha value is -3.62. The lowest BCUT2D eigenvalue weighted by molar-refractivity contribution is -0.389. The maximum Gasteiger partial charge on any atom is 0.372 e. The quantitative estimate of drug-likeness (QED) is 0.526. The highest BCUT2D eigenvalue weighted by molar-refractivity contribution is 5.97. The summed E-state index contributed by atoms with van der Waals surface area (Å²) in [6.07, 6.45) is 4.79. The van der Waals surface area contributed by atoms with Crippen molar-refractivity contribution in [3.05, 3.63) is 58.3 Å². The number of hydrogen-bond acceptors (Lipinski definition) is 6. The van der Waals surface area contributed by atoms with E-state index in [2.05, 4.69) is 10.3 Å². The highest BCUT2D eigenvalue weighted by atomic mass is 16.6. The van der Waals surface area contributed by atoms with Gasteiger partial charge in [-0.2, -0.15) is 9.38 Å². The summed E-state index contributed by atoms with van der Waals surface area (Å²) in [5.74, 6) is 0.806. The van der Waals surface area contributed by atoms with Gasteiger partial charge >= 0.3 is 5.82 Å². The van der Waals surface area contributed by atoms with Gasteiger partial charge in [0.1, 0.15) is 11.8 Å². The molecule has 5 rings (SSSR count). The van der Waals surface area contributed by atoms with E-state index in [-0.39, 0.29) is 17.5 Å². The van der Waals surface area contributed by atoms with Gasteiger partial charge < -0.3 is 25.1 Å². The van der Waals surface area contributed by atoms with E-state index in [0.717, 1.165) is 30.6 Å². The molecule has 4 heterocycles. The van der Waals surface area contributed by atoms with Crippen LogP contribution < -0.4 is 15.0 Å². The maximum atomic E-state index is 13.2. The van der Waals surface area contributed by atoms with Crippen LogP contribution in [0.25, 0.3) is 5.65 Å². The number of carbonyl (C=O) groups is 1. The number of nitro groups is 1. The van der Waals surface area contributed by atoms with Gasteiger partial charge in [-0.3, -0.25) is 4.79 Å². The minimum absolute atomic E-state index is 0.111. The number of hydrogen-bond donors (Lipinski definition) is 1. The van der Waals surface area contributed by atoms with Crippen molar-refractivity contribution >= 4 is 28.9 Å². The maximum absolute atomic E-state index is 13.2. The van der Waals surface area contributed by atoms with Crippen LogP contribution in [0.4, 0.5) is 17.3 Å². The van der Waals surface area contributed by atoms with Crippen LogP contribution in [0.1, 0.15) is 24.8 Å². The fourth-order valence-corrected chi connectivity index (χ4v) is 4.28. The number of pyridine rings is 1. The van der Waals surface area contributed by atoms with Crippen LogP contribution in [-0.4, -0.2) is 39.4 Å². The number of amides is 1. The molecule has 0 spiro atoms. The zero-order valence-electron chi connectivity index (χ0n) is 16.3. The molecule has 0 saturated carbocycles. The lowest BCUT2D eigenvalue weighted by Gasteiger charge is -2.34. The molecule has 1 aromatic carbocycles. The smallest absolute Gasteiger partial charge is 0.372 e. The summed E-state index contributed by atoms with van der Waals surface area (Å²) in [4.78, 5) is 30.8. The van der Waals surface area contributed by atoms with Crippen LogP contribution in [0, 0.1) is 10.1 Å². The molecule has 2 aromatic heterocycles. The Labute approximate surface area is 172 Å². The lowest BCUT2D eigenvalue weighted by atomic mass is 10.0. The Bertz CT molecular complexity index is 1140. The number of fused-ring (bicyclic) bond motifs is 2. The van der Waals surface area contributed by atoms with Crippen molar-refractivity contribution in [2.24, 2.45) is 0 Å². The average Bonchev–Trinajstić information content (AvgIpc) is 3.37. The Kier molecular flexibility index (Phi) is 4.50. The summed E-state index contributed by atoms with van der Waals surface area (Å²) in [6.45, 7) is 1.20. The molecule has 154 valence electrons. The van der Waals surface area contributed by atoms with Crippen LogP contribution >= 0.6 is 0 Å². The Balaban J connectivity index is 1.46. The van der Waals surface area contributed by atoms with Crippen molar-refractivity contribution < 1.29 is 14.5 Å². The summed E-state index contributed by atoms with van der Waals surface area (Å²) in [6, 6.07) is 10.3. The van der Waals surface area contributed by atoms with Crippen LogP contribution in [0.15, 0.2) is 42.6 Å². The minimum atomic E-state index is -0.521. The average molecular weight is 407 g/mol. The van der Waals surface area contributed by atoms with Crippen LogP contribution in [0.2, 0.25) is 0 Å². The molecule has 0 unspecified atom stereocenters. The number of anilines is 2. The van der Waals surface area contributed by atoms with Gasteiger partial charge in [0.25, 0.3) is 0 Å². The van der Waals surface area contributed by atoms with Crippen molar-refractivity contribution in [1.82, 2.24) is 9.38 Å². The second-order valence-corrected chi connectivity index (χ2v) is 7.56. The Morgan fingerprint density at radius 1 is 1.27 bits per heavy atom. The van der Waals surface area contributed by atoms with Gasteiger partial charge in [0, 0.05) is 24.7 Å². The third kappa shape index (κ3) is 3.12. The number of rotatable bonds is 4. The number of ether oxygens (including phenoxy) is 1. The first kappa shape index (κ1) is 18.4. The number of carbonyl (C=O) groups excluding carboxylic acids is 1. The molecule has 1 atom stereocenters. The third-order valence-corrected chi connectivity index (χ3v) is 5.69. The first-order chi connectivity index (χ1) is 14.6. The molecule has 3 aromatic rings. The van der Waals surface area contributed by atoms with Gasteiger partial charge in [0.05, 0.1) is 12.8 Å². The van der Waals surface area contributed by atoms with Gasteiger partial charge in [-0.05, 0) is 54.0 Å². The molecule has 30 heavy (non-hydrogen) atoms. The molecule has 9 nitrogen and oxygen atoms in total. The first-order valence-electron chi connectivity index (χ1n) is 10.1. The van der Waals surface area contributed by atoms with Crippen LogP contribution in [0.5, 0.6) is 5.75 Å². The lowest BCUT2D eigenvalue weighted by Crippen LogP contribution is -2.47. The van der Waals surface area contributed by atoms with Crippen molar-refractivity contribution in [2.45, 2.75) is 31.7 Å². The fourth-order valence-electron chi connectivity index (χ4n) is 4.28. The zero-order chi connectivity index (χ0) is 20.7. The van der Waals surface area contributed by atoms with E-state index in [0.29, 0.717) is 30.9 Å². The van der Waals surface area contributed by atoms with E-state index in [9.17, 15) is 14.9 Å². The van der Waals surface area contributed by atoms with Crippen LogP contribution in [0.3, 0.4) is 0 Å². The highest BCUT2D eigenvalue weighted by Crippen LogP contribution is 2.34. The molecular formula is C21H21N5O4. The molecule has 0 bridgehead atoms. The number of nitrogens with zero attached hydrogens (tertiary/aromatic N) is 4. The summed E-state index contributed by atoms with van der Waals surface area (Å²) in [5.41, 5.74) is 2.27. The summed E-state index contributed by atoms with van der Waals surface area (Å²) >= 11 is 0. The van der Waals surface area contributed by atoms with E-state index in [1.807, 2.05) is 18.2 Å². The second-order valence-electron chi connectivity index (χ2n) is 7.56. The molecule has 1 fully saturated rings. The standard InChI is InChI=1S/C21H21N5O4/c27-20(22-15-7-8-17-14(13-15)9-12-30-17)16-5-1-3-10-24(16)19-21(26(28)29)25-11-4-2-6-18(25)23-19/h2,4,6-8,11,13,16H,1,3,5,9-10,12H2,(H,22,27)/t16-/m1/s1. The predicted octanol–water partition coefficient (Wildman–Crippen LogP) is 3.18. The third-order valence-electron chi connectivity index (χ3n) is 5.69. The van der Waals surface area contributed by atoms with Crippen molar-refractivity contribution in [3.63, 3.8) is 0 Å². The van der Waals surface area contributed by atoms with E-state index in [1.165, 1.54) is 4.40 Å². The molecule has 1 N–H and O–H groups in total. The molecule has 0 aliphatic carbocycles. The number of nitrogens with one attached hydrogen (secondary N) is 1. The SMILES string of the molecule is O=C(Nc1ccc2c(c1)CCO2)[C@H]1CCCCN1c1nc2ccccn2c1[N+](=O)[O-].